The highest BCUT2D eigenvalue weighted by Gasteiger charge is 2.07. The van der Waals surface area contributed by atoms with Gasteiger partial charge in [-0.05, 0) is 47.5 Å². The minimum absolute atomic E-state index is 0.0133. The fourth-order valence-corrected chi connectivity index (χ4v) is 2.33. The van der Waals surface area contributed by atoms with E-state index >= 15 is 0 Å². The Morgan fingerprint density at radius 1 is 1.48 bits per heavy atom. The Morgan fingerprint density at radius 3 is 2.90 bits per heavy atom. The second kappa shape index (κ2) is 9.76. The summed E-state index contributed by atoms with van der Waals surface area (Å²) in [5, 5.41) is 15.6. The number of aryl methyl sites for hydroxylation is 1. The van der Waals surface area contributed by atoms with Crippen molar-refractivity contribution in [1.82, 2.24) is 10.6 Å². The van der Waals surface area contributed by atoms with Gasteiger partial charge in [-0.2, -0.15) is 0 Å². The standard InChI is InChI=1S/C15H23BrN2O3/c1-3-18-15(20)6-7-17-9-12(19)10-21-14-5-4-11(2)8-13(14)16/h4-5,8,12,17,19H,3,6-7,9-10H2,1-2H3,(H,18,20). The molecular weight excluding hydrogens is 336 g/mol. The number of hydrogen-bond donors (Lipinski definition) is 3. The van der Waals surface area contributed by atoms with Gasteiger partial charge in [0.2, 0.25) is 5.91 Å². The summed E-state index contributed by atoms with van der Waals surface area (Å²) in [4.78, 5) is 11.2. The lowest BCUT2D eigenvalue weighted by Gasteiger charge is -2.14. The molecule has 1 aromatic rings. The van der Waals surface area contributed by atoms with Crippen LogP contribution in [0.2, 0.25) is 0 Å². The van der Waals surface area contributed by atoms with Gasteiger partial charge in [-0.15, -0.1) is 0 Å². The number of halogens is 1. The van der Waals surface area contributed by atoms with Crippen molar-refractivity contribution >= 4 is 21.8 Å². The summed E-state index contributed by atoms with van der Waals surface area (Å²) in [6, 6.07) is 5.79. The Morgan fingerprint density at radius 2 is 2.24 bits per heavy atom. The summed E-state index contributed by atoms with van der Waals surface area (Å²) < 4.78 is 6.43. The first-order valence-corrected chi connectivity index (χ1v) is 7.86. The van der Waals surface area contributed by atoms with Crippen molar-refractivity contribution in [3.63, 3.8) is 0 Å². The first-order chi connectivity index (χ1) is 10.0. The zero-order chi connectivity index (χ0) is 15.7. The molecule has 0 radical (unpaired) electrons. The maximum absolute atomic E-state index is 11.2. The van der Waals surface area contributed by atoms with Crippen LogP contribution in [0, 0.1) is 6.92 Å². The largest absolute Gasteiger partial charge is 0.490 e. The highest BCUT2D eigenvalue weighted by Crippen LogP contribution is 2.25. The maximum atomic E-state index is 11.2. The molecule has 0 aliphatic heterocycles. The van der Waals surface area contributed by atoms with E-state index in [0.717, 1.165) is 10.0 Å². The molecule has 118 valence electrons. The van der Waals surface area contributed by atoms with Gasteiger partial charge >= 0.3 is 0 Å². The van der Waals surface area contributed by atoms with Gasteiger partial charge in [0.25, 0.3) is 0 Å². The third-order valence-electron chi connectivity index (χ3n) is 2.80. The van der Waals surface area contributed by atoms with Crippen molar-refractivity contribution in [2.75, 3.05) is 26.2 Å². The van der Waals surface area contributed by atoms with E-state index in [1.54, 1.807) is 0 Å². The molecule has 0 aliphatic rings. The van der Waals surface area contributed by atoms with Crippen LogP contribution in [0.3, 0.4) is 0 Å². The van der Waals surface area contributed by atoms with Crippen molar-refractivity contribution in [2.24, 2.45) is 0 Å². The van der Waals surface area contributed by atoms with E-state index in [2.05, 4.69) is 26.6 Å². The van der Waals surface area contributed by atoms with Crippen molar-refractivity contribution < 1.29 is 14.6 Å². The number of hydrogen-bond acceptors (Lipinski definition) is 4. The van der Waals surface area contributed by atoms with Gasteiger partial charge in [-0.25, -0.2) is 0 Å². The number of rotatable bonds is 9. The Labute approximate surface area is 134 Å². The molecule has 0 aromatic heterocycles. The molecule has 21 heavy (non-hydrogen) atoms. The topological polar surface area (TPSA) is 70.6 Å². The van der Waals surface area contributed by atoms with E-state index in [-0.39, 0.29) is 12.5 Å². The molecule has 0 bridgehead atoms. The smallest absolute Gasteiger partial charge is 0.221 e. The minimum Gasteiger partial charge on any atom is -0.490 e. The molecule has 1 aromatic carbocycles. The second-order valence-electron chi connectivity index (χ2n) is 4.81. The molecule has 1 atom stereocenters. The lowest BCUT2D eigenvalue weighted by molar-refractivity contribution is -0.120. The minimum atomic E-state index is -0.618. The average molecular weight is 359 g/mol. The predicted octanol–water partition coefficient (Wildman–Crippen LogP) is 1.61. The number of benzene rings is 1. The van der Waals surface area contributed by atoms with E-state index in [9.17, 15) is 9.90 Å². The molecule has 0 spiro atoms. The molecule has 6 heteroatoms. The molecule has 0 saturated heterocycles. The molecule has 0 heterocycles. The van der Waals surface area contributed by atoms with Crippen LogP contribution in [0.5, 0.6) is 5.75 Å². The third kappa shape index (κ3) is 7.45. The van der Waals surface area contributed by atoms with Crippen molar-refractivity contribution in [2.45, 2.75) is 26.4 Å². The maximum Gasteiger partial charge on any atom is 0.221 e. The van der Waals surface area contributed by atoms with E-state index in [1.807, 2.05) is 32.0 Å². The van der Waals surface area contributed by atoms with Crippen LogP contribution < -0.4 is 15.4 Å². The van der Waals surface area contributed by atoms with Gasteiger partial charge in [0.05, 0.1) is 4.47 Å². The monoisotopic (exact) mass is 358 g/mol. The molecule has 1 unspecified atom stereocenters. The number of carbonyl (C=O) groups excluding carboxylic acids is 1. The summed E-state index contributed by atoms with van der Waals surface area (Å²) >= 11 is 3.43. The molecule has 1 amide bonds. The number of aliphatic hydroxyl groups is 1. The zero-order valence-electron chi connectivity index (χ0n) is 12.5. The number of carbonyl (C=O) groups is 1. The molecule has 5 nitrogen and oxygen atoms in total. The van der Waals surface area contributed by atoms with Crippen LogP contribution in [0.1, 0.15) is 18.9 Å². The molecule has 0 saturated carbocycles. The van der Waals surface area contributed by atoms with Crippen LogP contribution in [0.4, 0.5) is 0 Å². The quantitative estimate of drug-likeness (QED) is 0.586. The SMILES string of the molecule is CCNC(=O)CCNCC(O)COc1ccc(C)cc1Br. The Kier molecular flexibility index (Phi) is 8.34. The van der Waals surface area contributed by atoms with Gasteiger partial charge in [0.1, 0.15) is 18.5 Å². The molecule has 3 N–H and O–H groups in total. The van der Waals surface area contributed by atoms with Crippen molar-refractivity contribution in [1.29, 1.82) is 0 Å². The van der Waals surface area contributed by atoms with Crippen LogP contribution in [-0.2, 0) is 4.79 Å². The molecule has 0 fully saturated rings. The zero-order valence-corrected chi connectivity index (χ0v) is 14.1. The van der Waals surface area contributed by atoms with Crippen molar-refractivity contribution in [3.8, 4) is 5.75 Å². The van der Waals surface area contributed by atoms with Gasteiger partial charge in [0, 0.05) is 26.1 Å². The van der Waals surface area contributed by atoms with Crippen LogP contribution in [-0.4, -0.2) is 43.4 Å². The van der Waals surface area contributed by atoms with E-state index in [4.69, 9.17) is 4.74 Å². The fraction of sp³-hybridized carbons (Fsp3) is 0.533. The highest BCUT2D eigenvalue weighted by molar-refractivity contribution is 9.10. The van der Waals surface area contributed by atoms with E-state index in [0.29, 0.717) is 31.8 Å². The predicted molar refractivity (Wildman–Crippen MR) is 86.6 cm³/mol. The highest BCUT2D eigenvalue weighted by atomic mass is 79.9. The lowest BCUT2D eigenvalue weighted by atomic mass is 10.2. The number of amides is 1. The van der Waals surface area contributed by atoms with Crippen LogP contribution in [0.25, 0.3) is 0 Å². The van der Waals surface area contributed by atoms with Gasteiger partial charge in [-0.1, -0.05) is 6.07 Å². The number of aliphatic hydroxyl groups excluding tert-OH is 1. The first-order valence-electron chi connectivity index (χ1n) is 7.07. The van der Waals surface area contributed by atoms with Gasteiger partial charge < -0.3 is 20.5 Å². The number of ether oxygens (including phenoxy) is 1. The first kappa shape index (κ1) is 17.9. The summed E-state index contributed by atoms with van der Waals surface area (Å²) in [6.07, 6.45) is -0.210. The van der Waals surface area contributed by atoms with Gasteiger partial charge in [-0.3, -0.25) is 4.79 Å². The summed E-state index contributed by atoms with van der Waals surface area (Å²) in [5.74, 6) is 0.723. The van der Waals surface area contributed by atoms with E-state index in [1.165, 1.54) is 0 Å². The van der Waals surface area contributed by atoms with Crippen LogP contribution >= 0.6 is 15.9 Å². The van der Waals surface area contributed by atoms with Crippen molar-refractivity contribution in [3.05, 3.63) is 28.2 Å². The number of nitrogens with one attached hydrogen (secondary N) is 2. The second-order valence-corrected chi connectivity index (χ2v) is 5.66. The summed E-state index contributed by atoms with van der Waals surface area (Å²) in [7, 11) is 0. The molecule has 0 aliphatic carbocycles. The lowest BCUT2D eigenvalue weighted by Crippen LogP contribution is -2.34. The summed E-state index contributed by atoms with van der Waals surface area (Å²) in [6.45, 7) is 5.66. The van der Waals surface area contributed by atoms with E-state index < -0.39 is 6.10 Å². The third-order valence-corrected chi connectivity index (χ3v) is 3.42. The Balaban J connectivity index is 2.19. The van der Waals surface area contributed by atoms with Gasteiger partial charge in [0.15, 0.2) is 0 Å². The summed E-state index contributed by atoms with van der Waals surface area (Å²) in [5.41, 5.74) is 1.14. The van der Waals surface area contributed by atoms with Crippen LogP contribution in [0.15, 0.2) is 22.7 Å². The molecular formula is C15H23BrN2O3. The Bertz CT molecular complexity index is 455. The molecule has 1 rings (SSSR count). The Hall–Kier alpha value is -1.11. The average Bonchev–Trinajstić information content (AvgIpc) is 2.43. The normalized spacial score (nSPS) is 12.0. The fourth-order valence-electron chi connectivity index (χ4n) is 1.72.